The van der Waals surface area contributed by atoms with Gasteiger partial charge in [0.1, 0.15) is 5.82 Å². The van der Waals surface area contributed by atoms with Crippen molar-refractivity contribution in [3.8, 4) is 0 Å². The van der Waals surface area contributed by atoms with Crippen LogP contribution in [0.3, 0.4) is 0 Å². The summed E-state index contributed by atoms with van der Waals surface area (Å²) in [5.74, 6) is 1.28. The molecule has 1 aromatic carbocycles. The van der Waals surface area contributed by atoms with Crippen LogP contribution in [0.25, 0.3) is 11.0 Å². The van der Waals surface area contributed by atoms with Gasteiger partial charge in [0.2, 0.25) is 0 Å². The van der Waals surface area contributed by atoms with Crippen LogP contribution < -0.4 is 0 Å². The van der Waals surface area contributed by atoms with Gasteiger partial charge in [-0.3, -0.25) is 10.1 Å². The van der Waals surface area contributed by atoms with E-state index in [0.29, 0.717) is 17.5 Å². The first-order chi connectivity index (χ1) is 8.95. The summed E-state index contributed by atoms with van der Waals surface area (Å²) in [4.78, 5) is 15.0. The number of benzene rings is 1. The fourth-order valence-corrected chi connectivity index (χ4v) is 2.27. The van der Waals surface area contributed by atoms with E-state index in [1.165, 1.54) is 0 Å². The number of imidazole rings is 1. The molecule has 5 heteroatoms. The second kappa shape index (κ2) is 4.99. The molecule has 1 aromatic heterocycles. The predicted molar refractivity (Wildman–Crippen MR) is 75.5 cm³/mol. The zero-order chi connectivity index (χ0) is 14.2. The molecule has 0 aliphatic carbocycles. The molecule has 1 heterocycles. The van der Waals surface area contributed by atoms with E-state index in [1.807, 2.05) is 0 Å². The number of nitro groups is 1. The minimum Gasteiger partial charge on any atom is -0.325 e. The highest BCUT2D eigenvalue weighted by molar-refractivity contribution is 5.79. The molecule has 2 rings (SSSR count). The van der Waals surface area contributed by atoms with Gasteiger partial charge >= 0.3 is 0 Å². The smallest absolute Gasteiger partial charge is 0.271 e. The van der Waals surface area contributed by atoms with E-state index in [9.17, 15) is 10.1 Å². The SMILES string of the molecule is CC[C@@H](C)n1c(C(C)C)nc2cc([N+](=O)[O-])ccc21. The minimum atomic E-state index is -0.378. The van der Waals surface area contributed by atoms with Crippen molar-refractivity contribution in [1.82, 2.24) is 9.55 Å². The number of aromatic nitrogens is 2. The number of non-ortho nitro benzene ring substituents is 1. The molecular formula is C14H19N3O2. The Morgan fingerprint density at radius 1 is 1.37 bits per heavy atom. The van der Waals surface area contributed by atoms with Crippen LogP contribution >= 0.6 is 0 Å². The predicted octanol–water partition coefficient (Wildman–Crippen LogP) is 4.04. The van der Waals surface area contributed by atoms with E-state index >= 15 is 0 Å². The first-order valence-electron chi connectivity index (χ1n) is 6.62. The number of hydrogen-bond donors (Lipinski definition) is 0. The van der Waals surface area contributed by atoms with Gasteiger partial charge in [-0.05, 0) is 19.4 Å². The van der Waals surface area contributed by atoms with Gasteiger partial charge < -0.3 is 4.57 Å². The minimum absolute atomic E-state index is 0.0941. The van der Waals surface area contributed by atoms with Gasteiger partial charge in [0.25, 0.3) is 5.69 Å². The average molecular weight is 261 g/mol. The van der Waals surface area contributed by atoms with E-state index in [1.54, 1.807) is 18.2 Å². The second-order valence-corrected chi connectivity index (χ2v) is 5.18. The monoisotopic (exact) mass is 261 g/mol. The molecule has 0 spiro atoms. The van der Waals surface area contributed by atoms with Gasteiger partial charge in [-0.1, -0.05) is 20.8 Å². The molecule has 0 bridgehead atoms. The highest BCUT2D eigenvalue weighted by Crippen LogP contribution is 2.29. The highest BCUT2D eigenvalue weighted by atomic mass is 16.6. The zero-order valence-corrected chi connectivity index (χ0v) is 11.8. The van der Waals surface area contributed by atoms with Crippen molar-refractivity contribution in [1.29, 1.82) is 0 Å². The van der Waals surface area contributed by atoms with E-state index in [2.05, 4.69) is 37.2 Å². The number of hydrogen-bond acceptors (Lipinski definition) is 3. The Hall–Kier alpha value is -1.91. The molecule has 5 nitrogen and oxygen atoms in total. The lowest BCUT2D eigenvalue weighted by Gasteiger charge is -2.17. The molecule has 0 aliphatic heterocycles. The summed E-state index contributed by atoms with van der Waals surface area (Å²) in [6.45, 7) is 8.46. The summed E-state index contributed by atoms with van der Waals surface area (Å²) in [5, 5.41) is 10.8. The van der Waals surface area contributed by atoms with E-state index in [0.717, 1.165) is 17.8 Å². The molecule has 0 aliphatic rings. The van der Waals surface area contributed by atoms with Crippen LogP contribution in [-0.2, 0) is 0 Å². The quantitative estimate of drug-likeness (QED) is 0.616. The maximum Gasteiger partial charge on any atom is 0.271 e. The molecule has 2 aromatic rings. The van der Waals surface area contributed by atoms with Crippen LogP contribution in [0.2, 0.25) is 0 Å². The van der Waals surface area contributed by atoms with Gasteiger partial charge in [-0.15, -0.1) is 0 Å². The maximum absolute atomic E-state index is 10.8. The lowest BCUT2D eigenvalue weighted by molar-refractivity contribution is -0.384. The van der Waals surface area contributed by atoms with Crippen molar-refractivity contribution < 1.29 is 4.92 Å². The van der Waals surface area contributed by atoms with Crippen molar-refractivity contribution in [2.75, 3.05) is 0 Å². The number of nitrogens with zero attached hydrogens (tertiary/aromatic N) is 3. The topological polar surface area (TPSA) is 61.0 Å². The third-order valence-corrected chi connectivity index (χ3v) is 3.46. The van der Waals surface area contributed by atoms with Gasteiger partial charge in [0.15, 0.2) is 0 Å². The Balaban J connectivity index is 2.70. The Kier molecular flexibility index (Phi) is 3.55. The zero-order valence-electron chi connectivity index (χ0n) is 11.8. The highest BCUT2D eigenvalue weighted by Gasteiger charge is 2.19. The van der Waals surface area contributed by atoms with Gasteiger partial charge in [-0.2, -0.15) is 0 Å². The summed E-state index contributed by atoms with van der Waals surface area (Å²) in [6.07, 6.45) is 1.00. The Bertz CT molecular complexity index is 616. The molecule has 102 valence electrons. The molecule has 1 atom stereocenters. The average Bonchev–Trinajstić information content (AvgIpc) is 2.76. The Labute approximate surface area is 112 Å². The van der Waals surface area contributed by atoms with Crippen molar-refractivity contribution >= 4 is 16.7 Å². The molecule has 0 saturated carbocycles. The summed E-state index contributed by atoms with van der Waals surface area (Å²) >= 11 is 0. The van der Waals surface area contributed by atoms with Crippen LogP contribution in [0.5, 0.6) is 0 Å². The third kappa shape index (κ3) is 2.32. The molecular weight excluding hydrogens is 242 g/mol. The van der Waals surface area contributed by atoms with Crippen molar-refractivity contribution in [2.24, 2.45) is 0 Å². The van der Waals surface area contributed by atoms with Crippen LogP contribution in [-0.4, -0.2) is 14.5 Å². The summed E-state index contributed by atoms with van der Waals surface area (Å²) in [7, 11) is 0. The van der Waals surface area contributed by atoms with Crippen molar-refractivity contribution in [3.63, 3.8) is 0 Å². The van der Waals surface area contributed by atoms with Crippen LogP contribution in [0.15, 0.2) is 18.2 Å². The normalized spacial score (nSPS) is 13.1. The van der Waals surface area contributed by atoms with Crippen LogP contribution in [0.4, 0.5) is 5.69 Å². The van der Waals surface area contributed by atoms with Gasteiger partial charge in [0, 0.05) is 24.1 Å². The standard InChI is InChI=1S/C14H19N3O2/c1-5-10(4)16-13-7-6-11(17(18)19)8-12(13)15-14(16)9(2)3/h6-10H,5H2,1-4H3/t10-/m1/s1. The number of nitro benzene ring substituents is 1. The largest absolute Gasteiger partial charge is 0.325 e. The van der Waals surface area contributed by atoms with Gasteiger partial charge in [-0.25, -0.2) is 4.98 Å². The molecule has 0 saturated heterocycles. The number of fused-ring (bicyclic) bond motifs is 1. The second-order valence-electron chi connectivity index (χ2n) is 5.18. The van der Waals surface area contributed by atoms with E-state index < -0.39 is 0 Å². The maximum atomic E-state index is 10.8. The molecule has 0 amide bonds. The summed E-state index contributed by atoms with van der Waals surface area (Å²) < 4.78 is 2.20. The molecule has 0 radical (unpaired) electrons. The lowest BCUT2D eigenvalue weighted by Crippen LogP contribution is -2.09. The molecule has 19 heavy (non-hydrogen) atoms. The fraction of sp³-hybridized carbons (Fsp3) is 0.500. The first kappa shape index (κ1) is 13.5. The Morgan fingerprint density at radius 2 is 2.05 bits per heavy atom. The Morgan fingerprint density at radius 3 is 2.58 bits per heavy atom. The molecule has 0 unspecified atom stereocenters. The van der Waals surface area contributed by atoms with Crippen molar-refractivity contribution in [2.45, 2.75) is 46.1 Å². The van der Waals surface area contributed by atoms with Gasteiger partial charge in [0.05, 0.1) is 16.0 Å². The first-order valence-corrected chi connectivity index (χ1v) is 6.62. The number of rotatable bonds is 4. The van der Waals surface area contributed by atoms with E-state index in [4.69, 9.17) is 0 Å². The summed E-state index contributed by atoms with van der Waals surface area (Å²) in [6, 6.07) is 5.25. The third-order valence-electron chi connectivity index (χ3n) is 3.46. The van der Waals surface area contributed by atoms with Crippen molar-refractivity contribution in [3.05, 3.63) is 34.1 Å². The summed E-state index contributed by atoms with van der Waals surface area (Å²) in [5.41, 5.74) is 1.78. The molecule has 0 fully saturated rings. The van der Waals surface area contributed by atoms with Crippen LogP contribution in [0, 0.1) is 10.1 Å². The van der Waals surface area contributed by atoms with E-state index in [-0.39, 0.29) is 10.6 Å². The lowest BCUT2D eigenvalue weighted by atomic mass is 10.1. The molecule has 0 N–H and O–H groups in total. The fourth-order valence-electron chi connectivity index (χ4n) is 2.27. The van der Waals surface area contributed by atoms with Crippen LogP contribution in [0.1, 0.15) is 51.9 Å².